The van der Waals surface area contributed by atoms with E-state index in [9.17, 15) is 0 Å². The topological polar surface area (TPSA) is 99.6 Å². The Bertz CT molecular complexity index is 736. The van der Waals surface area contributed by atoms with Crippen LogP contribution in [0, 0.1) is 0 Å². The monoisotopic (exact) mass is 906 g/mol. The van der Waals surface area contributed by atoms with Crippen LogP contribution in [0.5, 0.6) is 0 Å². The van der Waals surface area contributed by atoms with Crippen molar-refractivity contribution >= 4 is 7.82 Å². The van der Waals surface area contributed by atoms with Gasteiger partial charge in [-0.1, -0.05) is 194 Å². The number of unbranched alkanes of at least 4 members (excludes halogenated alkanes) is 27. The summed E-state index contributed by atoms with van der Waals surface area (Å²) in [5.74, 6) is 0. The van der Waals surface area contributed by atoms with Gasteiger partial charge in [-0.05, 0) is 101 Å². The molecule has 3 atom stereocenters. The minimum absolute atomic E-state index is 0.865. The largest absolute Gasteiger partial charge is 0.822 e. The van der Waals surface area contributed by atoms with Gasteiger partial charge in [0.15, 0.2) is 0 Å². The normalized spacial score (nSPS) is 13.0. The lowest BCUT2D eigenvalue weighted by Crippen LogP contribution is -3.14. The third-order valence-electron chi connectivity index (χ3n) is 13.8. The third-order valence-corrected chi connectivity index (χ3v) is 13.8. The summed E-state index contributed by atoms with van der Waals surface area (Å²) in [5, 5.41) is 0. The molecule has 3 N–H and O–H groups in total. The molecule has 0 amide bonds. The van der Waals surface area contributed by atoms with Crippen LogP contribution < -0.4 is 29.4 Å². The molecule has 0 heterocycles. The molecule has 0 spiro atoms. The van der Waals surface area contributed by atoms with Gasteiger partial charge in [-0.2, -0.15) is 7.82 Å². The Labute approximate surface area is 392 Å². The van der Waals surface area contributed by atoms with Crippen LogP contribution >= 0.6 is 7.82 Å². The van der Waals surface area contributed by atoms with Crippen molar-refractivity contribution in [2.45, 2.75) is 313 Å². The molecule has 0 bridgehead atoms. The van der Waals surface area contributed by atoms with Gasteiger partial charge in [0.1, 0.15) is 0 Å². The van der Waals surface area contributed by atoms with E-state index in [4.69, 9.17) is 19.2 Å². The smallest absolute Gasteiger partial charge is 0.0845 e. The number of nitrogens with one attached hydrogen (secondary N) is 3. The molecule has 7 nitrogen and oxygen atoms in total. The highest BCUT2D eigenvalue weighted by Crippen LogP contribution is 2.14. The second-order valence-electron chi connectivity index (χ2n) is 19.2. The molecule has 0 aromatic carbocycles. The molecule has 0 saturated heterocycles. The molecule has 0 fully saturated rings. The van der Waals surface area contributed by atoms with Crippen LogP contribution in [-0.4, -0.2) is 57.4 Å². The predicted molar refractivity (Wildman–Crippen MR) is 272 cm³/mol. The lowest BCUT2D eigenvalue weighted by Gasteiger charge is -2.36. The molecule has 0 aliphatic heterocycles. The molecule has 0 aliphatic rings. The van der Waals surface area contributed by atoms with E-state index in [0.717, 1.165) is 18.1 Å². The third kappa shape index (κ3) is 58.0. The first-order valence-electron chi connectivity index (χ1n) is 28.0. The van der Waals surface area contributed by atoms with Crippen LogP contribution in [0.1, 0.15) is 295 Å². The first-order chi connectivity index (χ1) is 29.8. The van der Waals surface area contributed by atoms with Gasteiger partial charge < -0.3 is 33.9 Å². The standard InChI is InChI=1S/3C18H39N.H3O4P/c3*1-5-8-9-10-11-12-13-14-15-16-17-18(4)19(6-2)7-3;1-5(2,3)4/h3*18H,5-17H2,1-4H3;(H3,1,2,3,4). The molecule has 0 saturated carbocycles. The Kier molecular flexibility index (Phi) is 61.2. The van der Waals surface area contributed by atoms with E-state index in [0.29, 0.717) is 0 Å². The fourth-order valence-electron chi connectivity index (χ4n) is 9.27. The van der Waals surface area contributed by atoms with Crippen molar-refractivity contribution in [2.75, 3.05) is 39.3 Å². The average molecular weight is 907 g/mol. The molecule has 3 unspecified atom stereocenters. The maximum atomic E-state index is 8.55. The van der Waals surface area contributed by atoms with Crippen molar-refractivity contribution in [1.82, 2.24) is 0 Å². The molecule has 0 rings (SSSR count). The van der Waals surface area contributed by atoms with Crippen LogP contribution in [0.3, 0.4) is 0 Å². The predicted octanol–water partition coefficient (Wildman–Crippen LogP) is 11.0. The van der Waals surface area contributed by atoms with Crippen LogP contribution in [0.4, 0.5) is 0 Å². The van der Waals surface area contributed by atoms with Crippen LogP contribution in [-0.2, 0) is 4.57 Å². The molecular weight excluding hydrogens is 786 g/mol. The SMILES string of the molecule is CCCCCCCCCCCCC(C)[NH+](CC)CC.CCCCCCCCCCCCC(C)[NH+](CC)CC.CCCCCCCCCCCCC(C)[NH+](CC)CC.O=P([O-])([O-])[O-]. The van der Waals surface area contributed by atoms with Crippen molar-refractivity contribution < 1.29 is 33.9 Å². The Morgan fingerprint density at radius 2 is 0.419 bits per heavy atom. The number of quaternary nitrogens is 3. The molecule has 0 aliphatic carbocycles. The summed E-state index contributed by atoms with van der Waals surface area (Å²) in [4.78, 5) is 31.0. The quantitative estimate of drug-likeness (QED) is 0.0420. The summed E-state index contributed by atoms with van der Waals surface area (Å²) in [6, 6.07) is 2.59. The Morgan fingerprint density at radius 3 is 0.548 bits per heavy atom. The summed E-state index contributed by atoms with van der Waals surface area (Å²) in [6.45, 7) is 35.8. The minimum atomic E-state index is -5.39. The lowest BCUT2D eigenvalue weighted by molar-refractivity contribution is -0.920. The Hall–Kier alpha value is -0.0100. The zero-order chi connectivity index (χ0) is 47.5. The Morgan fingerprint density at radius 1 is 0.290 bits per heavy atom. The van der Waals surface area contributed by atoms with Crippen molar-refractivity contribution in [3.05, 3.63) is 0 Å². The number of rotatable bonds is 42. The Balaban J connectivity index is -0.000000385. The summed E-state index contributed by atoms with van der Waals surface area (Å²) >= 11 is 0. The van der Waals surface area contributed by atoms with Gasteiger partial charge in [-0.15, -0.1) is 0 Å². The highest BCUT2D eigenvalue weighted by Gasteiger charge is 2.14. The van der Waals surface area contributed by atoms with E-state index in [1.165, 1.54) is 251 Å². The van der Waals surface area contributed by atoms with Crippen molar-refractivity contribution in [3.8, 4) is 0 Å². The van der Waals surface area contributed by atoms with Gasteiger partial charge in [0, 0.05) is 0 Å². The maximum Gasteiger partial charge on any atom is 0.0845 e. The maximum absolute atomic E-state index is 8.55. The molecule has 8 heteroatoms. The summed E-state index contributed by atoms with van der Waals surface area (Å²) in [7, 11) is -5.39. The van der Waals surface area contributed by atoms with Gasteiger partial charge in [0.2, 0.25) is 0 Å². The second-order valence-corrected chi connectivity index (χ2v) is 20.1. The molecule has 0 aromatic rings. The lowest BCUT2D eigenvalue weighted by atomic mass is 10.0. The van der Waals surface area contributed by atoms with E-state index in [2.05, 4.69) is 83.1 Å². The fraction of sp³-hybridized carbons (Fsp3) is 1.00. The van der Waals surface area contributed by atoms with Gasteiger partial charge >= 0.3 is 0 Å². The minimum Gasteiger partial charge on any atom is -0.822 e. The van der Waals surface area contributed by atoms with E-state index in [1.807, 2.05) is 0 Å². The van der Waals surface area contributed by atoms with Crippen molar-refractivity contribution in [2.24, 2.45) is 0 Å². The van der Waals surface area contributed by atoms with Gasteiger partial charge in [0.05, 0.1) is 57.4 Å². The van der Waals surface area contributed by atoms with E-state index in [1.54, 1.807) is 14.7 Å². The number of phosphoric acid groups is 1. The van der Waals surface area contributed by atoms with Crippen LogP contribution in [0.15, 0.2) is 0 Å². The van der Waals surface area contributed by atoms with Gasteiger partial charge in [0.25, 0.3) is 0 Å². The zero-order valence-electron chi connectivity index (χ0n) is 44.9. The second kappa shape index (κ2) is 55.3. The van der Waals surface area contributed by atoms with Gasteiger partial charge in [-0.3, -0.25) is 0 Å². The van der Waals surface area contributed by atoms with Crippen molar-refractivity contribution in [1.29, 1.82) is 0 Å². The molecule has 0 radical (unpaired) electrons. The fourth-order valence-corrected chi connectivity index (χ4v) is 9.27. The highest BCUT2D eigenvalue weighted by molar-refractivity contribution is 7.40. The summed E-state index contributed by atoms with van der Waals surface area (Å²) in [5.41, 5.74) is 0. The first-order valence-corrected chi connectivity index (χ1v) is 29.5. The van der Waals surface area contributed by atoms with E-state index in [-0.39, 0.29) is 0 Å². The van der Waals surface area contributed by atoms with Crippen LogP contribution in [0.25, 0.3) is 0 Å². The van der Waals surface area contributed by atoms with E-state index < -0.39 is 7.82 Å². The van der Waals surface area contributed by atoms with Crippen molar-refractivity contribution in [3.63, 3.8) is 0 Å². The number of hydrogen-bond acceptors (Lipinski definition) is 4. The average Bonchev–Trinajstić information content (AvgIpc) is 3.24. The molecular formula is C54H120N3O4P. The summed E-state index contributed by atoms with van der Waals surface area (Å²) < 4.78 is 8.55. The first kappa shape index (κ1) is 68.6. The van der Waals surface area contributed by atoms with Crippen LogP contribution in [0.2, 0.25) is 0 Å². The molecule has 0 aromatic heterocycles. The highest BCUT2D eigenvalue weighted by atomic mass is 31.2. The van der Waals surface area contributed by atoms with E-state index >= 15 is 0 Å². The molecule has 62 heavy (non-hydrogen) atoms. The molecule has 380 valence electrons. The number of hydrogen-bond donors (Lipinski definition) is 3. The van der Waals surface area contributed by atoms with Gasteiger partial charge in [-0.25, -0.2) is 0 Å². The summed E-state index contributed by atoms with van der Waals surface area (Å²) in [6.07, 6.45) is 47.8. The zero-order valence-corrected chi connectivity index (χ0v) is 45.8.